The van der Waals surface area contributed by atoms with Crippen LogP contribution >= 0.6 is 31.9 Å². The van der Waals surface area contributed by atoms with Crippen molar-refractivity contribution < 1.29 is 9.53 Å². The third-order valence-electron chi connectivity index (χ3n) is 3.76. The van der Waals surface area contributed by atoms with Crippen LogP contribution in [0.3, 0.4) is 0 Å². The smallest absolute Gasteiger partial charge is 0.410 e. The van der Waals surface area contributed by atoms with E-state index in [2.05, 4.69) is 36.8 Å². The predicted molar refractivity (Wildman–Crippen MR) is 96.4 cm³/mol. The maximum atomic E-state index is 12.4. The molecule has 2 heterocycles. The van der Waals surface area contributed by atoms with E-state index in [1.165, 1.54) is 0 Å². The Hall–Kier alpha value is -1.08. The zero-order chi connectivity index (χ0) is 16.8. The maximum absolute atomic E-state index is 12.4. The van der Waals surface area contributed by atoms with E-state index in [9.17, 15) is 4.79 Å². The zero-order valence-corrected chi connectivity index (χ0v) is 16.5. The molecule has 2 aromatic rings. The van der Waals surface area contributed by atoms with Gasteiger partial charge in [-0.3, -0.25) is 4.90 Å². The van der Waals surface area contributed by atoms with Crippen molar-refractivity contribution in [2.24, 2.45) is 0 Å². The van der Waals surface area contributed by atoms with E-state index >= 15 is 0 Å². The Morgan fingerprint density at radius 2 is 2.04 bits per heavy atom. The normalized spacial score (nSPS) is 18.7. The summed E-state index contributed by atoms with van der Waals surface area (Å²) in [5, 5.41) is 0. The maximum Gasteiger partial charge on any atom is 0.410 e. The summed E-state index contributed by atoms with van der Waals surface area (Å²) in [6, 6.07) is 3.85. The molecule has 1 fully saturated rings. The van der Waals surface area contributed by atoms with Gasteiger partial charge in [0, 0.05) is 15.5 Å². The van der Waals surface area contributed by atoms with Crippen molar-refractivity contribution in [2.75, 3.05) is 6.54 Å². The summed E-state index contributed by atoms with van der Waals surface area (Å²) < 4.78 is 7.41. The topological polar surface area (TPSA) is 58.2 Å². The van der Waals surface area contributed by atoms with Gasteiger partial charge in [-0.15, -0.1) is 0 Å². The lowest BCUT2D eigenvalue weighted by atomic mass is 10.2. The number of rotatable bonds is 1. The fraction of sp³-hybridized carbons (Fsp3) is 0.500. The fourth-order valence-electron chi connectivity index (χ4n) is 2.79. The molecule has 124 valence electrons. The van der Waals surface area contributed by atoms with Crippen molar-refractivity contribution >= 4 is 49.0 Å². The molecule has 1 aliphatic rings. The number of amides is 1. The van der Waals surface area contributed by atoms with Gasteiger partial charge in [0.1, 0.15) is 16.9 Å². The Bertz CT molecular complexity index is 713. The van der Waals surface area contributed by atoms with Crippen LogP contribution in [0.4, 0.5) is 4.79 Å². The summed E-state index contributed by atoms with van der Waals surface area (Å²) in [6.45, 7) is 6.33. The molecular formula is C16H19Br2N3O2. The largest absolute Gasteiger partial charge is 0.444 e. The van der Waals surface area contributed by atoms with Crippen LogP contribution < -0.4 is 0 Å². The summed E-state index contributed by atoms with van der Waals surface area (Å²) in [5.74, 6) is 0.802. The van der Waals surface area contributed by atoms with Crippen molar-refractivity contribution in [3.63, 3.8) is 0 Å². The number of hydrogen-bond acceptors (Lipinski definition) is 3. The summed E-state index contributed by atoms with van der Waals surface area (Å²) >= 11 is 7.07. The molecule has 1 atom stereocenters. The average Bonchev–Trinajstić information content (AvgIpc) is 3.07. The molecule has 0 unspecified atom stereocenters. The number of H-pyrrole nitrogens is 1. The highest BCUT2D eigenvalue weighted by Gasteiger charge is 2.35. The first-order valence-electron chi connectivity index (χ1n) is 7.59. The van der Waals surface area contributed by atoms with Gasteiger partial charge in [-0.25, -0.2) is 9.78 Å². The molecule has 0 aliphatic carbocycles. The molecule has 1 aliphatic heterocycles. The second-order valence-electron chi connectivity index (χ2n) is 6.71. The molecule has 1 aromatic heterocycles. The number of carbonyl (C=O) groups excluding carboxylic acids is 1. The minimum Gasteiger partial charge on any atom is -0.444 e. The molecule has 23 heavy (non-hydrogen) atoms. The number of halogens is 2. The standard InChI is InChI=1S/C16H19Br2N3O2/c1-16(2,3)23-15(22)21-8-4-5-11(21)14-19-12-9(17)6-7-10(18)13(12)20-14/h6-7,11H,4-5,8H2,1-3H3,(H,19,20)/t11-/m0/s1. The molecule has 0 bridgehead atoms. The van der Waals surface area contributed by atoms with Crippen LogP contribution in [0.15, 0.2) is 21.1 Å². The molecule has 0 spiro atoms. The van der Waals surface area contributed by atoms with Gasteiger partial charge in [0.15, 0.2) is 0 Å². The summed E-state index contributed by atoms with van der Waals surface area (Å²) in [7, 11) is 0. The van der Waals surface area contributed by atoms with Gasteiger partial charge in [-0.05, 0) is 77.6 Å². The van der Waals surface area contributed by atoms with Crippen molar-refractivity contribution in [3.05, 3.63) is 26.9 Å². The number of aromatic nitrogens is 2. The number of carbonyl (C=O) groups is 1. The lowest BCUT2D eigenvalue weighted by Gasteiger charge is -2.27. The number of likely N-dealkylation sites (tertiary alicyclic amines) is 1. The molecular weight excluding hydrogens is 426 g/mol. The van der Waals surface area contributed by atoms with Crippen LogP contribution in [0.2, 0.25) is 0 Å². The molecule has 0 saturated carbocycles. The number of benzene rings is 1. The van der Waals surface area contributed by atoms with E-state index in [-0.39, 0.29) is 12.1 Å². The van der Waals surface area contributed by atoms with E-state index in [4.69, 9.17) is 9.72 Å². The highest BCUT2D eigenvalue weighted by atomic mass is 79.9. The molecule has 0 radical (unpaired) electrons. The molecule has 5 nitrogen and oxygen atoms in total. The number of ether oxygens (including phenoxy) is 1. The predicted octanol–water partition coefficient (Wildman–Crippen LogP) is 5.16. The highest BCUT2D eigenvalue weighted by molar-refractivity contribution is 9.11. The second-order valence-corrected chi connectivity index (χ2v) is 8.42. The van der Waals surface area contributed by atoms with E-state index in [0.717, 1.165) is 38.6 Å². The van der Waals surface area contributed by atoms with Gasteiger partial charge in [0.25, 0.3) is 0 Å². The molecule has 1 amide bonds. The van der Waals surface area contributed by atoms with Crippen molar-refractivity contribution in [3.8, 4) is 0 Å². The number of nitrogens with zero attached hydrogens (tertiary/aromatic N) is 2. The van der Waals surface area contributed by atoms with Gasteiger partial charge in [-0.2, -0.15) is 0 Å². The Morgan fingerprint density at radius 1 is 1.35 bits per heavy atom. The number of nitrogens with one attached hydrogen (secondary N) is 1. The first kappa shape index (κ1) is 16.8. The lowest BCUT2D eigenvalue weighted by molar-refractivity contribution is 0.0219. The van der Waals surface area contributed by atoms with Crippen molar-refractivity contribution in [2.45, 2.75) is 45.3 Å². The number of fused-ring (bicyclic) bond motifs is 1. The third-order valence-corrected chi connectivity index (χ3v) is 5.06. The first-order chi connectivity index (χ1) is 10.8. The Kier molecular flexibility index (Phi) is 4.44. The van der Waals surface area contributed by atoms with E-state index in [1.54, 1.807) is 4.90 Å². The third kappa shape index (κ3) is 3.40. The Labute approximate surface area is 152 Å². The van der Waals surface area contributed by atoms with Crippen LogP contribution in [-0.2, 0) is 4.74 Å². The van der Waals surface area contributed by atoms with Gasteiger partial charge in [0.05, 0.1) is 11.6 Å². The van der Waals surface area contributed by atoms with Gasteiger partial charge < -0.3 is 9.72 Å². The highest BCUT2D eigenvalue weighted by Crippen LogP contribution is 2.35. The monoisotopic (exact) mass is 443 g/mol. The van der Waals surface area contributed by atoms with Crippen molar-refractivity contribution in [1.29, 1.82) is 0 Å². The van der Waals surface area contributed by atoms with Crippen LogP contribution in [0, 0.1) is 0 Å². The lowest BCUT2D eigenvalue weighted by Crippen LogP contribution is -2.36. The van der Waals surface area contributed by atoms with E-state index < -0.39 is 5.60 Å². The van der Waals surface area contributed by atoms with Crippen LogP contribution in [-0.4, -0.2) is 33.1 Å². The average molecular weight is 445 g/mol. The molecule has 1 aromatic carbocycles. The van der Waals surface area contributed by atoms with Gasteiger partial charge >= 0.3 is 6.09 Å². The molecule has 1 N–H and O–H groups in total. The molecule has 1 saturated heterocycles. The molecule has 3 rings (SSSR count). The van der Waals surface area contributed by atoms with Gasteiger partial charge in [-0.1, -0.05) is 0 Å². The quantitative estimate of drug-likeness (QED) is 0.660. The Morgan fingerprint density at radius 3 is 2.70 bits per heavy atom. The van der Waals surface area contributed by atoms with Crippen molar-refractivity contribution in [1.82, 2.24) is 14.9 Å². The van der Waals surface area contributed by atoms with Crippen LogP contribution in [0.1, 0.15) is 45.5 Å². The molecule has 7 heteroatoms. The summed E-state index contributed by atoms with van der Waals surface area (Å²) in [5.41, 5.74) is 1.31. The Balaban J connectivity index is 1.93. The first-order valence-corrected chi connectivity index (χ1v) is 9.18. The van der Waals surface area contributed by atoms with Crippen LogP contribution in [0.25, 0.3) is 11.0 Å². The SMILES string of the molecule is CC(C)(C)OC(=O)N1CCC[C@H]1c1nc2c(Br)ccc(Br)c2[nH]1. The van der Waals surface area contributed by atoms with E-state index in [1.807, 2.05) is 32.9 Å². The van der Waals surface area contributed by atoms with E-state index in [0.29, 0.717) is 6.54 Å². The number of imidazole rings is 1. The minimum atomic E-state index is -0.496. The minimum absolute atomic E-state index is 0.0731. The van der Waals surface area contributed by atoms with Gasteiger partial charge in [0.2, 0.25) is 0 Å². The van der Waals surface area contributed by atoms with Crippen LogP contribution in [0.5, 0.6) is 0 Å². The second kappa shape index (κ2) is 6.09. The summed E-state index contributed by atoms with van der Waals surface area (Å²) in [6.07, 6.45) is 1.55. The zero-order valence-electron chi connectivity index (χ0n) is 13.3. The number of hydrogen-bond donors (Lipinski definition) is 1. The summed E-state index contributed by atoms with van der Waals surface area (Å²) in [4.78, 5) is 22.3. The number of aromatic amines is 1. The fourth-order valence-corrected chi connectivity index (χ4v) is 3.63.